The normalized spacial score (nSPS) is 11.6. The molecule has 0 bridgehead atoms. The van der Waals surface area contributed by atoms with Crippen molar-refractivity contribution < 1.29 is 23.0 Å². The van der Waals surface area contributed by atoms with Gasteiger partial charge in [0.25, 0.3) is 0 Å². The third kappa shape index (κ3) is 7.03. The molecule has 0 radical (unpaired) electrons. The van der Waals surface area contributed by atoms with E-state index < -0.39 is 12.7 Å². The summed E-state index contributed by atoms with van der Waals surface area (Å²) < 4.78 is 41.6. The number of hydrogen-bond acceptors (Lipinski definition) is 3. The van der Waals surface area contributed by atoms with Gasteiger partial charge >= 0.3 is 6.18 Å². The SMILES string of the molecule is OCCCCOc1ccccc1CNCC(F)(F)F. The third-order valence-corrected chi connectivity index (χ3v) is 2.42. The Hall–Kier alpha value is -1.27. The van der Waals surface area contributed by atoms with Crippen molar-refractivity contribution in [3.8, 4) is 5.75 Å². The number of halogens is 3. The van der Waals surface area contributed by atoms with E-state index in [4.69, 9.17) is 9.84 Å². The molecule has 0 unspecified atom stereocenters. The second kappa shape index (κ2) is 8.01. The maximum absolute atomic E-state index is 12.0. The molecular weight excluding hydrogens is 259 g/mol. The van der Waals surface area contributed by atoms with E-state index >= 15 is 0 Å². The summed E-state index contributed by atoms with van der Waals surface area (Å²) in [6.45, 7) is -0.365. The van der Waals surface area contributed by atoms with E-state index in [1.807, 2.05) is 0 Å². The Morgan fingerprint density at radius 3 is 2.58 bits per heavy atom. The van der Waals surface area contributed by atoms with Crippen molar-refractivity contribution in [1.29, 1.82) is 0 Å². The fourth-order valence-corrected chi connectivity index (χ4v) is 1.53. The van der Waals surface area contributed by atoms with Crippen LogP contribution in [-0.4, -0.2) is 31.0 Å². The maximum atomic E-state index is 12.0. The zero-order chi connectivity index (χ0) is 14.1. The van der Waals surface area contributed by atoms with Crippen LogP contribution in [0.1, 0.15) is 18.4 Å². The molecule has 0 fully saturated rings. The summed E-state index contributed by atoms with van der Waals surface area (Å²) in [5, 5.41) is 11.0. The monoisotopic (exact) mass is 277 g/mol. The van der Waals surface area contributed by atoms with E-state index in [0.717, 1.165) is 0 Å². The van der Waals surface area contributed by atoms with Gasteiger partial charge in [0.1, 0.15) is 5.75 Å². The molecule has 2 N–H and O–H groups in total. The molecule has 0 spiro atoms. The molecule has 0 saturated heterocycles. The highest BCUT2D eigenvalue weighted by atomic mass is 19.4. The molecule has 0 heterocycles. The highest BCUT2D eigenvalue weighted by Gasteiger charge is 2.26. The lowest BCUT2D eigenvalue weighted by molar-refractivity contribution is -0.125. The molecule has 1 aromatic rings. The van der Waals surface area contributed by atoms with Crippen molar-refractivity contribution in [2.75, 3.05) is 19.8 Å². The Balaban J connectivity index is 2.44. The topological polar surface area (TPSA) is 41.5 Å². The number of aliphatic hydroxyl groups excluding tert-OH is 1. The Morgan fingerprint density at radius 2 is 1.89 bits per heavy atom. The standard InChI is InChI=1S/C13H18F3NO2/c14-13(15,16)10-17-9-11-5-1-2-6-12(11)19-8-4-3-7-18/h1-2,5-6,17-18H,3-4,7-10H2. The molecule has 3 nitrogen and oxygen atoms in total. The lowest BCUT2D eigenvalue weighted by atomic mass is 10.2. The van der Waals surface area contributed by atoms with Gasteiger partial charge in [-0.05, 0) is 18.9 Å². The minimum absolute atomic E-state index is 0.107. The summed E-state index contributed by atoms with van der Waals surface area (Å²) >= 11 is 0. The first-order valence-corrected chi connectivity index (χ1v) is 6.12. The Kier molecular flexibility index (Phi) is 6.66. The number of alkyl halides is 3. The first-order chi connectivity index (χ1) is 9.03. The number of rotatable bonds is 8. The maximum Gasteiger partial charge on any atom is 0.401 e. The van der Waals surface area contributed by atoms with E-state index in [2.05, 4.69) is 5.32 Å². The highest BCUT2D eigenvalue weighted by molar-refractivity contribution is 5.33. The first-order valence-electron chi connectivity index (χ1n) is 6.12. The zero-order valence-electron chi connectivity index (χ0n) is 10.5. The quantitative estimate of drug-likeness (QED) is 0.717. The Labute approximate surface area is 110 Å². The Bertz CT molecular complexity index is 369. The highest BCUT2D eigenvalue weighted by Crippen LogP contribution is 2.19. The molecule has 1 aromatic carbocycles. The van der Waals surface area contributed by atoms with Crippen molar-refractivity contribution in [2.45, 2.75) is 25.6 Å². The number of ether oxygens (including phenoxy) is 1. The van der Waals surface area contributed by atoms with E-state index in [-0.39, 0.29) is 13.2 Å². The van der Waals surface area contributed by atoms with Crippen molar-refractivity contribution in [3.63, 3.8) is 0 Å². The smallest absolute Gasteiger partial charge is 0.401 e. The van der Waals surface area contributed by atoms with Gasteiger partial charge in [-0.1, -0.05) is 18.2 Å². The van der Waals surface area contributed by atoms with Gasteiger partial charge < -0.3 is 15.2 Å². The van der Waals surface area contributed by atoms with Crippen molar-refractivity contribution in [3.05, 3.63) is 29.8 Å². The van der Waals surface area contributed by atoms with Gasteiger partial charge in [0.15, 0.2) is 0 Å². The average Bonchev–Trinajstić information content (AvgIpc) is 2.35. The summed E-state index contributed by atoms with van der Waals surface area (Å²) in [5.41, 5.74) is 0.691. The summed E-state index contributed by atoms with van der Waals surface area (Å²) in [7, 11) is 0. The lowest BCUT2D eigenvalue weighted by Gasteiger charge is -2.13. The fourth-order valence-electron chi connectivity index (χ4n) is 1.53. The lowest BCUT2D eigenvalue weighted by Crippen LogP contribution is -2.28. The average molecular weight is 277 g/mol. The van der Waals surface area contributed by atoms with Crippen LogP contribution in [0.2, 0.25) is 0 Å². The Morgan fingerprint density at radius 1 is 1.16 bits per heavy atom. The van der Waals surface area contributed by atoms with E-state index in [0.29, 0.717) is 30.8 Å². The van der Waals surface area contributed by atoms with Gasteiger partial charge in [-0.25, -0.2) is 0 Å². The van der Waals surface area contributed by atoms with Gasteiger partial charge in [0.05, 0.1) is 13.2 Å². The van der Waals surface area contributed by atoms with Crippen LogP contribution < -0.4 is 10.1 Å². The number of para-hydroxylation sites is 1. The summed E-state index contributed by atoms with van der Waals surface area (Å²) in [6, 6.07) is 6.98. The second-order valence-electron chi connectivity index (χ2n) is 4.11. The predicted octanol–water partition coefficient (Wildman–Crippen LogP) is 2.49. The van der Waals surface area contributed by atoms with E-state index in [9.17, 15) is 13.2 Å². The molecule has 0 aromatic heterocycles. The molecule has 1 rings (SSSR count). The van der Waals surface area contributed by atoms with Gasteiger partial charge in [-0.2, -0.15) is 13.2 Å². The van der Waals surface area contributed by atoms with Gasteiger partial charge in [-0.15, -0.1) is 0 Å². The molecule has 0 aliphatic rings. The minimum Gasteiger partial charge on any atom is -0.493 e. The van der Waals surface area contributed by atoms with E-state index in [1.54, 1.807) is 24.3 Å². The third-order valence-electron chi connectivity index (χ3n) is 2.42. The summed E-state index contributed by atoms with van der Waals surface area (Å²) in [5.74, 6) is 0.579. The molecule has 0 amide bonds. The molecule has 108 valence electrons. The van der Waals surface area contributed by atoms with Crippen LogP contribution >= 0.6 is 0 Å². The molecule has 0 aliphatic heterocycles. The van der Waals surface area contributed by atoms with Crippen LogP contribution in [0.15, 0.2) is 24.3 Å². The summed E-state index contributed by atoms with van der Waals surface area (Å²) in [6.07, 6.45) is -2.85. The van der Waals surface area contributed by atoms with Crippen LogP contribution in [0.25, 0.3) is 0 Å². The van der Waals surface area contributed by atoms with Crippen LogP contribution in [-0.2, 0) is 6.54 Å². The second-order valence-corrected chi connectivity index (χ2v) is 4.11. The van der Waals surface area contributed by atoms with Crippen LogP contribution in [0.5, 0.6) is 5.75 Å². The van der Waals surface area contributed by atoms with Gasteiger partial charge in [0, 0.05) is 18.7 Å². The number of benzene rings is 1. The molecule has 0 saturated carbocycles. The number of nitrogens with one attached hydrogen (secondary N) is 1. The molecule has 0 aliphatic carbocycles. The summed E-state index contributed by atoms with van der Waals surface area (Å²) in [4.78, 5) is 0. The number of hydrogen-bond donors (Lipinski definition) is 2. The van der Waals surface area contributed by atoms with Crippen molar-refractivity contribution in [1.82, 2.24) is 5.32 Å². The van der Waals surface area contributed by atoms with E-state index in [1.165, 1.54) is 0 Å². The van der Waals surface area contributed by atoms with Gasteiger partial charge in [-0.3, -0.25) is 0 Å². The van der Waals surface area contributed by atoms with Crippen molar-refractivity contribution >= 4 is 0 Å². The molecule has 19 heavy (non-hydrogen) atoms. The number of aliphatic hydroxyl groups is 1. The van der Waals surface area contributed by atoms with Crippen LogP contribution in [0, 0.1) is 0 Å². The van der Waals surface area contributed by atoms with Gasteiger partial charge in [0.2, 0.25) is 0 Å². The molecular formula is C13H18F3NO2. The number of unbranched alkanes of at least 4 members (excludes halogenated alkanes) is 1. The minimum atomic E-state index is -4.21. The van der Waals surface area contributed by atoms with Crippen molar-refractivity contribution in [2.24, 2.45) is 0 Å². The molecule has 0 atom stereocenters. The fraction of sp³-hybridized carbons (Fsp3) is 0.538. The molecule has 6 heteroatoms. The first kappa shape index (κ1) is 15.8. The van der Waals surface area contributed by atoms with Crippen LogP contribution in [0.3, 0.4) is 0 Å². The largest absolute Gasteiger partial charge is 0.493 e. The van der Waals surface area contributed by atoms with Crippen LogP contribution in [0.4, 0.5) is 13.2 Å². The predicted molar refractivity (Wildman–Crippen MR) is 66.0 cm³/mol. The zero-order valence-corrected chi connectivity index (χ0v) is 10.5.